The summed E-state index contributed by atoms with van der Waals surface area (Å²) in [7, 11) is 0. The van der Waals surface area contributed by atoms with E-state index in [1.54, 1.807) is 0 Å². The van der Waals surface area contributed by atoms with Crippen LogP contribution in [0.15, 0.2) is 79.1 Å². The van der Waals surface area contributed by atoms with Crippen LogP contribution in [0.25, 0.3) is 16.8 Å². The van der Waals surface area contributed by atoms with Gasteiger partial charge in [0, 0.05) is 30.8 Å². The van der Waals surface area contributed by atoms with Gasteiger partial charge in [0.25, 0.3) is 0 Å². The Kier molecular flexibility index (Phi) is 4.63. The van der Waals surface area contributed by atoms with Gasteiger partial charge in [-0.25, -0.2) is 9.50 Å². The van der Waals surface area contributed by atoms with Crippen LogP contribution in [-0.4, -0.2) is 32.6 Å². The molecule has 1 aliphatic rings. The molecule has 28 heavy (non-hydrogen) atoms. The van der Waals surface area contributed by atoms with Gasteiger partial charge in [-0.1, -0.05) is 60.7 Å². The maximum atomic E-state index is 4.71. The molecule has 1 atom stereocenters. The van der Waals surface area contributed by atoms with Gasteiger partial charge in [-0.2, -0.15) is 5.10 Å². The van der Waals surface area contributed by atoms with E-state index in [0.717, 1.165) is 36.4 Å². The van der Waals surface area contributed by atoms with Gasteiger partial charge in [0.2, 0.25) is 0 Å². The number of rotatable bonds is 4. The lowest BCUT2D eigenvalue weighted by molar-refractivity contribution is 0.197. The molecule has 0 spiro atoms. The molecule has 0 amide bonds. The summed E-state index contributed by atoms with van der Waals surface area (Å²) in [6.07, 6.45) is 6.31. The molecule has 2 aromatic carbocycles. The second-order valence-corrected chi connectivity index (χ2v) is 7.59. The van der Waals surface area contributed by atoms with Gasteiger partial charge >= 0.3 is 0 Å². The van der Waals surface area contributed by atoms with Gasteiger partial charge in [-0.05, 0) is 36.6 Å². The molecule has 1 unspecified atom stereocenters. The predicted octanol–water partition coefficient (Wildman–Crippen LogP) is 4.78. The molecule has 1 fully saturated rings. The molecule has 4 heteroatoms. The summed E-state index contributed by atoms with van der Waals surface area (Å²) in [5.41, 5.74) is 5.86. The third-order valence-corrected chi connectivity index (χ3v) is 5.69. The third-order valence-electron chi connectivity index (χ3n) is 5.69. The first-order valence-corrected chi connectivity index (χ1v) is 10.0. The Morgan fingerprint density at radius 3 is 2.54 bits per heavy atom. The summed E-state index contributed by atoms with van der Waals surface area (Å²) in [5.74, 6) is 0.478. The quantitative estimate of drug-likeness (QED) is 0.520. The van der Waals surface area contributed by atoms with Crippen LogP contribution in [0, 0.1) is 0 Å². The molecule has 0 aliphatic carbocycles. The highest BCUT2D eigenvalue weighted by Crippen LogP contribution is 2.30. The Morgan fingerprint density at radius 2 is 1.71 bits per heavy atom. The second kappa shape index (κ2) is 7.56. The Bertz CT molecular complexity index is 1060. The summed E-state index contributed by atoms with van der Waals surface area (Å²) >= 11 is 0. The van der Waals surface area contributed by atoms with Crippen molar-refractivity contribution in [2.45, 2.75) is 25.3 Å². The van der Waals surface area contributed by atoms with Crippen molar-refractivity contribution in [2.24, 2.45) is 0 Å². The summed E-state index contributed by atoms with van der Waals surface area (Å²) in [6, 6.07) is 23.3. The van der Waals surface area contributed by atoms with Crippen molar-refractivity contribution in [1.29, 1.82) is 0 Å². The van der Waals surface area contributed by atoms with Crippen LogP contribution < -0.4 is 0 Å². The lowest BCUT2D eigenvalue weighted by Gasteiger charge is -2.33. The molecule has 0 radical (unpaired) electrons. The molecular weight excluding hydrogens is 344 g/mol. The molecule has 5 rings (SSSR count). The minimum Gasteiger partial charge on any atom is -0.298 e. The second-order valence-electron chi connectivity index (χ2n) is 7.59. The maximum Gasteiger partial charge on any atom is 0.163 e. The van der Waals surface area contributed by atoms with Gasteiger partial charge in [0.05, 0.1) is 11.9 Å². The molecular formula is C24H24N4. The number of likely N-dealkylation sites (tertiary alicyclic amines) is 1. The van der Waals surface area contributed by atoms with Crippen molar-refractivity contribution in [3.8, 4) is 11.1 Å². The van der Waals surface area contributed by atoms with Crippen LogP contribution in [0.2, 0.25) is 0 Å². The number of fused-ring (bicyclic) bond motifs is 1. The standard InChI is InChI=1S/C24H24N4/c1-3-8-19(9-4-1)17-27-15-7-12-21(18-27)23-13-14-25-24-22(16-26-28(23)24)20-10-5-2-6-11-20/h1-6,8-11,13-14,16,21H,7,12,15,17-18H2. The van der Waals surface area contributed by atoms with E-state index in [9.17, 15) is 0 Å². The molecule has 2 aromatic heterocycles. The van der Waals surface area contributed by atoms with Crippen LogP contribution in [0.1, 0.15) is 30.0 Å². The van der Waals surface area contributed by atoms with Crippen molar-refractivity contribution in [1.82, 2.24) is 19.5 Å². The average Bonchev–Trinajstić information content (AvgIpc) is 3.20. The van der Waals surface area contributed by atoms with E-state index >= 15 is 0 Å². The molecule has 140 valence electrons. The lowest BCUT2D eigenvalue weighted by Crippen LogP contribution is -2.34. The largest absolute Gasteiger partial charge is 0.298 e. The highest BCUT2D eigenvalue weighted by Gasteiger charge is 2.24. The van der Waals surface area contributed by atoms with Gasteiger partial charge < -0.3 is 0 Å². The predicted molar refractivity (Wildman–Crippen MR) is 112 cm³/mol. The smallest absolute Gasteiger partial charge is 0.163 e. The van der Waals surface area contributed by atoms with E-state index in [0.29, 0.717) is 5.92 Å². The Balaban J connectivity index is 1.43. The molecule has 0 bridgehead atoms. The zero-order chi connectivity index (χ0) is 18.8. The SMILES string of the molecule is c1ccc(CN2CCCC(c3ccnc4c(-c5ccccc5)cnn34)C2)cc1. The summed E-state index contributed by atoms with van der Waals surface area (Å²) in [6.45, 7) is 3.24. The molecule has 1 saturated heterocycles. The lowest BCUT2D eigenvalue weighted by atomic mass is 9.94. The number of benzene rings is 2. The highest BCUT2D eigenvalue weighted by atomic mass is 15.3. The third kappa shape index (κ3) is 3.32. The minimum absolute atomic E-state index is 0.478. The fourth-order valence-corrected chi connectivity index (χ4v) is 4.32. The van der Waals surface area contributed by atoms with Crippen molar-refractivity contribution < 1.29 is 0 Å². The zero-order valence-corrected chi connectivity index (χ0v) is 15.9. The molecule has 4 nitrogen and oxygen atoms in total. The van der Waals surface area contributed by atoms with Crippen LogP contribution in [0.5, 0.6) is 0 Å². The van der Waals surface area contributed by atoms with E-state index in [1.807, 2.05) is 18.5 Å². The Morgan fingerprint density at radius 1 is 0.929 bits per heavy atom. The van der Waals surface area contributed by atoms with Gasteiger partial charge in [-0.3, -0.25) is 4.90 Å². The molecule has 0 N–H and O–H groups in total. The van der Waals surface area contributed by atoms with Crippen molar-refractivity contribution >= 4 is 5.65 Å². The van der Waals surface area contributed by atoms with Crippen LogP contribution in [-0.2, 0) is 6.54 Å². The number of piperidine rings is 1. The molecule has 0 saturated carbocycles. The monoisotopic (exact) mass is 368 g/mol. The van der Waals surface area contributed by atoms with Crippen LogP contribution in [0.3, 0.4) is 0 Å². The molecule has 3 heterocycles. The number of aromatic nitrogens is 3. The minimum atomic E-state index is 0.478. The summed E-state index contributed by atoms with van der Waals surface area (Å²) in [4.78, 5) is 7.21. The zero-order valence-electron chi connectivity index (χ0n) is 15.9. The average molecular weight is 368 g/mol. The van der Waals surface area contributed by atoms with Gasteiger partial charge in [-0.15, -0.1) is 0 Å². The highest BCUT2D eigenvalue weighted by molar-refractivity contribution is 5.76. The summed E-state index contributed by atoms with van der Waals surface area (Å²) < 4.78 is 2.05. The number of nitrogens with zero attached hydrogens (tertiary/aromatic N) is 4. The molecule has 4 aromatic rings. The maximum absolute atomic E-state index is 4.71. The normalized spacial score (nSPS) is 17.8. The first kappa shape index (κ1) is 17.1. The van der Waals surface area contributed by atoms with E-state index in [-0.39, 0.29) is 0 Å². The first-order chi connectivity index (χ1) is 13.9. The summed E-state index contributed by atoms with van der Waals surface area (Å²) in [5, 5.41) is 4.71. The van der Waals surface area contributed by atoms with E-state index in [4.69, 9.17) is 5.10 Å². The fourth-order valence-electron chi connectivity index (χ4n) is 4.32. The van der Waals surface area contributed by atoms with Crippen LogP contribution >= 0.6 is 0 Å². The van der Waals surface area contributed by atoms with E-state index in [1.165, 1.54) is 24.1 Å². The van der Waals surface area contributed by atoms with Crippen molar-refractivity contribution in [3.05, 3.63) is 90.4 Å². The Hall–Kier alpha value is -2.98. The Labute approximate surface area is 165 Å². The van der Waals surface area contributed by atoms with E-state index in [2.05, 4.69) is 75.1 Å². The molecule has 1 aliphatic heterocycles. The van der Waals surface area contributed by atoms with Gasteiger partial charge in [0.1, 0.15) is 0 Å². The number of hydrogen-bond donors (Lipinski definition) is 0. The fraction of sp³-hybridized carbons (Fsp3) is 0.250. The number of hydrogen-bond acceptors (Lipinski definition) is 3. The first-order valence-electron chi connectivity index (χ1n) is 10.0. The topological polar surface area (TPSA) is 33.4 Å². The van der Waals surface area contributed by atoms with E-state index < -0.39 is 0 Å². The van der Waals surface area contributed by atoms with Crippen molar-refractivity contribution in [2.75, 3.05) is 13.1 Å². The van der Waals surface area contributed by atoms with Gasteiger partial charge in [0.15, 0.2) is 5.65 Å². The van der Waals surface area contributed by atoms with Crippen molar-refractivity contribution in [3.63, 3.8) is 0 Å². The van der Waals surface area contributed by atoms with Crippen LogP contribution in [0.4, 0.5) is 0 Å².